The van der Waals surface area contributed by atoms with Gasteiger partial charge >= 0.3 is 5.97 Å². The number of rotatable bonds is 4. The topological polar surface area (TPSA) is 105 Å². The van der Waals surface area contributed by atoms with E-state index in [2.05, 4.69) is 5.32 Å². The molecule has 0 spiro atoms. The number of fused-ring (bicyclic) bond motifs is 2. The summed E-state index contributed by atoms with van der Waals surface area (Å²) in [6.07, 6.45) is 4.41. The smallest absolute Gasteiger partial charge is 0.305 e. The van der Waals surface area contributed by atoms with E-state index in [1.165, 1.54) is 0 Å². The lowest BCUT2D eigenvalue weighted by Gasteiger charge is -2.42. The van der Waals surface area contributed by atoms with Crippen LogP contribution in [0.4, 0.5) is 5.69 Å². The van der Waals surface area contributed by atoms with Crippen molar-refractivity contribution in [2.24, 2.45) is 5.92 Å². The number of nitrogens with one attached hydrogen (secondary N) is 1. The van der Waals surface area contributed by atoms with E-state index in [0.29, 0.717) is 29.8 Å². The van der Waals surface area contributed by atoms with Crippen LogP contribution in [0.15, 0.2) is 18.2 Å². The van der Waals surface area contributed by atoms with Gasteiger partial charge in [-0.15, -0.1) is 0 Å². The number of carbonyl (C=O) groups is 3. The van der Waals surface area contributed by atoms with Gasteiger partial charge in [0.1, 0.15) is 18.5 Å². The van der Waals surface area contributed by atoms with Gasteiger partial charge in [-0.2, -0.15) is 0 Å². The number of ether oxygens (including phenoxy) is 2. The molecule has 1 aliphatic carbocycles. The van der Waals surface area contributed by atoms with Gasteiger partial charge in [-0.3, -0.25) is 14.4 Å². The van der Waals surface area contributed by atoms with Crippen LogP contribution in [0.3, 0.4) is 0 Å². The number of hydrogen-bond donors (Lipinski definition) is 2. The molecule has 1 aromatic carbocycles. The van der Waals surface area contributed by atoms with Crippen LogP contribution in [0.2, 0.25) is 0 Å². The Bertz CT molecular complexity index is 835. The molecule has 1 saturated heterocycles. The van der Waals surface area contributed by atoms with Gasteiger partial charge in [0.05, 0.1) is 24.1 Å². The van der Waals surface area contributed by atoms with Crippen molar-refractivity contribution in [3.8, 4) is 5.75 Å². The SMILES string of the molecule is CN1C(=O)c2cc(NC(=O)C3CCCC3)ccc2OC[C@@H]2O[C@@H](CC(=O)O)CC[C@@H]21. The fraction of sp³-hybridized carbons (Fsp3) is 0.591. The maximum Gasteiger partial charge on any atom is 0.305 e. The normalized spacial score (nSPS) is 26.8. The zero-order chi connectivity index (χ0) is 21.3. The minimum absolute atomic E-state index is 0.00485. The lowest BCUT2D eigenvalue weighted by Crippen LogP contribution is -2.53. The summed E-state index contributed by atoms with van der Waals surface area (Å²) >= 11 is 0. The van der Waals surface area contributed by atoms with Gasteiger partial charge in [0, 0.05) is 18.7 Å². The number of amides is 2. The summed E-state index contributed by atoms with van der Waals surface area (Å²) in [6.45, 7) is 0.235. The Morgan fingerprint density at radius 3 is 2.70 bits per heavy atom. The third-order valence-electron chi connectivity index (χ3n) is 6.41. The molecule has 2 N–H and O–H groups in total. The lowest BCUT2D eigenvalue weighted by atomic mass is 9.94. The van der Waals surface area contributed by atoms with Crippen molar-refractivity contribution in [2.45, 2.75) is 63.2 Å². The predicted octanol–water partition coefficient (Wildman–Crippen LogP) is 2.67. The van der Waals surface area contributed by atoms with Gasteiger partial charge in [0.15, 0.2) is 0 Å². The Morgan fingerprint density at radius 2 is 1.97 bits per heavy atom. The maximum atomic E-state index is 13.2. The number of benzene rings is 1. The summed E-state index contributed by atoms with van der Waals surface area (Å²) in [5.41, 5.74) is 1.00. The van der Waals surface area contributed by atoms with Gasteiger partial charge in [-0.25, -0.2) is 0 Å². The maximum absolute atomic E-state index is 13.2. The number of nitrogens with zero attached hydrogens (tertiary/aromatic N) is 1. The first-order chi connectivity index (χ1) is 14.4. The highest BCUT2D eigenvalue weighted by atomic mass is 16.5. The molecular formula is C22H28N2O6. The molecule has 1 aromatic rings. The minimum Gasteiger partial charge on any atom is -0.490 e. The molecule has 2 fully saturated rings. The number of likely N-dealkylation sites (N-methyl/N-ethyl adjacent to an activating group) is 1. The van der Waals surface area contributed by atoms with E-state index < -0.39 is 5.97 Å². The summed E-state index contributed by atoms with van der Waals surface area (Å²) in [6, 6.07) is 4.93. The van der Waals surface area contributed by atoms with Crippen LogP contribution >= 0.6 is 0 Å². The van der Waals surface area contributed by atoms with E-state index in [4.69, 9.17) is 14.6 Å². The third kappa shape index (κ3) is 4.28. The quantitative estimate of drug-likeness (QED) is 0.782. The highest BCUT2D eigenvalue weighted by Gasteiger charge is 2.39. The Hall–Kier alpha value is -2.61. The Morgan fingerprint density at radius 1 is 1.20 bits per heavy atom. The number of carboxylic acids is 1. The van der Waals surface area contributed by atoms with Crippen LogP contribution in [0.25, 0.3) is 0 Å². The molecule has 2 amide bonds. The molecule has 3 aliphatic rings. The number of anilines is 1. The van der Waals surface area contributed by atoms with Crippen LogP contribution in [-0.2, 0) is 14.3 Å². The molecule has 0 aromatic heterocycles. The molecule has 0 bridgehead atoms. The van der Waals surface area contributed by atoms with Crippen molar-refractivity contribution in [2.75, 3.05) is 19.0 Å². The first-order valence-corrected chi connectivity index (χ1v) is 10.6. The molecule has 3 atom stereocenters. The zero-order valence-electron chi connectivity index (χ0n) is 17.1. The van der Waals surface area contributed by atoms with Crippen molar-refractivity contribution in [3.63, 3.8) is 0 Å². The van der Waals surface area contributed by atoms with Crippen molar-refractivity contribution in [1.82, 2.24) is 4.90 Å². The van der Waals surface area contributed by atoms with Gasteiger partial charge < -0.3 is 24.8 Å². The molecule has 2 aliphatic heterocycles. The fourth-order valence-corrected chi connectivity index (χ4v) is 4.73. The summed E-state index contributed by atoms with van der Waals surface area (Å²) in [5, 5.41) is 12.0. The summed E-state index contributed by atoms with van der Waals surface area (Å²) in [4.78, 5) is 38.3. The first-order valence-electron chi connectivity index (χ1n) is 10.6. The molecule has 0 unspecified atom stereocenters. The molecule has 4 rings (SSSR count). The molecular weight excluding hydrogens is 388 g/mol. The van der Waals surface area contributed by atoms with E-state index in [-0.39, 0.29) is 49.0 Å². The van der Waals surface area contributed by atoms with Gasteiger partial charge in [-0.1, -0.05) is 12.8 Å². The van der Waals surface area contributed by atoms with Gasteiger partial charge in [0.2, 0.25) is 5.91 Å². The number of hydrogen-bond acceptors (Lipinski definition) is 5. The summed E-state index contributed by atoms with van der Waals surface area (Å²) in [5.74, 6) is -0.608. The number of carbonyl (C=O) groups excluding carboxylic acids is 2. The molecule has 8 heteroatoms. The van der Waals surface area contributed by atoms with Crippen molar-refractivity contribution in [3.05, 3.63) is 23.8 Å². The minimum atomic E-state index is -0.896. The van der Waals surface area contributed by atoms with Crippen molar-refractivity contribution in [1.29, 1.82) is 0 Å². The second kappa shape index (κ2) is 8.63. The Labute approximate surface area is 175 Å². The standard InChI is InChI=1S/C22H28N2O6/c1-24-17-8-7-15(11-20(25)26)30-19(17)12-29-18-9-6-14(10-16(18)22(24)28)23-21(27)13-4-2-3-5-13/h6,9-10,13,15,17,19H,2-5,7-8,11-12H2,1H3,(H,23,27)(H,25,26)/t15-,17+,19+/m1/s1. The molecule has 0 radical (unpaired) electrons. The van der Waals surface area contributed by atoms with Crippen molar-refractivity contribution < 1.29 is 29.0 Å². The molecule has 30 heavy (non-hydrogen) atoms. The van der Waals surface area contributed by atoms with E-state index in [1.54, 1.807) is 30.1 Å². The third-order valence-corrected chi connectivity index (χ3v) is 6.41. The van der Waals surface area contributed by atoms with Crippen LogP contribution in [0.1, 0.15) is 55.3 Å². The predicted molar refractivity (Wildman–Crippen MR) is 109 cm³/mol. The van der Waals surface area contributed by atoms with Gasteiger partial charge in [-0.05, 0) is 43.9 Å². The van der Waals surface area contributed by atoms with Crippen LogP contribution in [0.5, 0.6) is 5.75 Å². The zero-order valence-corrected chi connectivity index (χ0v) is 17.1. The largest absolute Gasteiger partial charge is 0.490 e. The van der Waals surface area contributed by atoms with E-state index >= 15 is 0 Å². The van der Waals surface area contributed by atoms with E-state index in [0.717, 1.165) is 25.7 Å². The number of aliphatic carboxylic acids is 1. The number of carboxylic acid groups (broad SMARTS) is 1. The molecule has 162 valence electrons. The molecule has 2 heterocycles. The molecule has 1 saturated carbocycles. The monoisotopic (exact) mass is 416 g/mol. The fourth-order valence-electron chi connectivity index (χ4n) is 4.73. The molecule has 8 nitrogen and oxygen atoms in total. The summed E-state index contributed by atoms with van der Waals surface area (Å²) < 4.78 is 11.8. The first kappa shape index (κ1) is 20.7. The van der Waals surface area contributed by atoms with Crippen LogP contribution in [-0.4, -0.2) is 59.7 Å². The second-order valence-electron chi connectivity index (χ2n) is 8.45. The highest BCUT2D eigenvalue weighted by molar-refractivity contribution is 6.00. The lowest BCUT2D eigenvalue weighted by molar-refractivity contribution is -0.148. The Kier molecular flexibility index (Phi) is 5.94. The van der Waals surface area contributed by atoms with E-state index in [9.17, 15) is 14.4 Å². The van der Waals surface area contributed by atoms with E-state index in [1.807, 2.05) is 0 Å². The average molecular weight is 416 g/mol. The Balaban J connectivity index is 1.51. The van der Waals surface area contributed by atoms with Crippen LogP contribution in [0, 0.1) is 5.92 Å². The highest BCUT2D eigenvalue weighted by Crippen LogP contribution is 2.33. The van der Waals surface area contributed by atoms with Crippen LogP contribution < -0.4 is 10.1 Å². The average Bonchev–Trinajstić information content (AvgIpc) is 3.26. The second-order valence-corrected chi connectivity index (χ2v) is 8.45. The van der Waals surface area contributed by atoms with Gasteiger partial charge in [0.25, 0.3) is 5.91 Å². The van der Waals surface area contributed by atoms with Crippen molar-refractivity contribution >= 4 is 23.5 Å². The summed E-state index contributed by atoms with van der Waals surface area (Å²) in [7, 11) is 1.74.